The number of carbonyl (C=O) groups excluding carboxylic acids is 1. The van der Waals surface area contributed by atoms with Crippen molar-refractivity contribution in [2.45, 2.75) is 32.1 Å². The Morgan fingerprint density at radius 1 is 1.16 bits per heavy atom. The molecule has 0 aromatic heterocycles. The highest BCUT2D eigenvalue weighted by Gasteiger charge is 2.24. The van der Waals surface area contributed by atoms with E-state index in [4.69, 9.17) is 5.73 Å². The average Bonchev–Trinajstić information content (AvgIpc) is 2.77. The van der Waals surface area contributed by atoms with Crippen molar-refractivity contribution in [1.82, 2.24) is 0 Å². The Kier molecular flexibility index (Phi) is 10.2. The first-order valence-corrected chi connectivity index (χ1v) is 12.1. The Bertz CT molecular complexity index is 887. The van der Waals surface area contributed by atoms with Crippen molar-refractivity contribution in [2.75, 3.05) is 43.9 Å². The van der Waals surface area contributed by atoms with Gasteiger partial charge in [0.2, 0.25) is 5.91 Å². The van der Waals surface area contributed by atoms with Gasteiger partial charge in [0.15, 0.2) is 0 Å². The van der Waals surface area contributed by atoms with Crippen molar-refractivity contribution in [1.29, 1.82) is 0 Å². The minimum atomic E-state index is 0.160. The van der Waals surface area contributed by atoms with Crippen molar-refractivity contribution in [3.05, 3.63) is 83.9 Å². The van der Waals surface area contributed by atoms with Gasteiger partial charge in [-0.3, -0.25) is 4.79 Å². The number of likely N-dealkylation sites (N-methyl/N-ethyl adjacent to an activating group) is 1. The molecule has 1 atom stereocenters. The Labute approximate surface area is 202 Å². The number of nitrogen functional groups attached to an aromatic ring is 1. The van der Waals surface area contributed by atoms with Crippen LogP contribution in [0.15, 0.2) is 78.3 Å². The monoisotopic (exact) mass is 498 g/mol. The number of rotatable bonds is 13. The summed E-state index contributed by atoms with van der Waals surface area (Å²) in [5.74, 6) is 0.476. The molecule has 172 valence electrons. The third kappa shape index (κ3) is 7.35. The summed E-state index contributed by atoms with van der Waals surface area (Å²) in [7, 11) is 2.18. The van der Waals surface area contributed by atoms with E-state index in [-0.39, 0.29) is 5.91 Å². The minimum absolute atomic E-state index is 0.160. The topological polar surface area (TPSA) is 46.3 Å². The van der Waals surface area contributed by atoms with E-state index in [2.05, 4.69) is 55.2 Å². The molecule has 4 nitrogen and oxygen atoms in total. The van der Waals surface area contributed by atoms with Gasteiger partial charge in [0.05, 0.1) is 33.2 Å². The molecule has 0 saturated carbocycles. The third-order valence-electron chi connectivity index (χ3n) is 6.07. The summed E-state index contributed by atoms with van der Waals surface area (Å²) < 4.78 is 1.69. The first-order valence-electron chi connectivity index (χ1n) is 11.3. The number of quaternary nitrogens is 1. The normalized spacial score (nSPS) is 12.2. The van der Waals surface area contributed by atoms with Gasteiger partial charge in [0.1, 0.15) is 0 Å². The number of nitrogens with zero attached hydrogens (tertiary/aromatic N) is 2. The van der Waals surface area contributed by atoms with E-state index in [0.29, 0.717) is 18.9 Å². The maximum Gasteiger partial charge on any atom is 0.227 e. The van der Waals surface area contributed by atoms with Crippen molar-refractivity contribution < 1.29 is 9.28 Å². The lowest BCUT2D eigenvalue weighted by Gasteiger charge is -2.35. The summed E-state index contributed by atoms with van der Waals surface area (Å²) in [5, 5.41) is 0. The van der Waals surface area contributed by atoms with E-state index < -0.39 is 0 Å². The zero-order chi connectivity index (χ0) is 23.6. The van der Waals surface area contributed by atoms with E-state index in [1.54, 1.807) is 0 Å². The van der Waals surface area contributed by atoms with E-state index in [9.17, 15) is 4.79 Å². The zero-order valence-electron chi connectivity index (χ0n) is 19.5. The van der Waals surface area contributed by atoms with Gasteiger partial charge in [0.25, 0.3) is 0 Å². The van der Waals surface area contributed by atoms with Crippen LogP contribution in [0.5, 0.6) is 0 Å². The fourth-order valence-electron chi connectivity index (χ4n) is 4.06. The van der Waals surface area contributed by atoms with Crippen LogP contribution >= 0.6 is 15.9 Å². The second kappa shape index (κ2) is 12.6. The summed E-state index contributed by atoms with van der Waals surface area (Å²) in [5.41, 5.74) is 8.84. The quantitative estimate of drug-likeness (QED) is 0.204. The number of amides is 1. The summed E-state index contributed by atoms with van der Waals surface area (Å²) in [6.45, 7) is 13.2. The molecule has 0 heterocycles. The van der Waals surface area contributed by atoms with Gasteiger partial charge in [-0.05, 0) is 76.7 Å². The van der Waals surface area contributed by atoms with E-state index in [0.717, 1.165) is 52.8 Å². The second-order valence-electron chi connectivity index (χ2n) is 8.59. The molecule has 0 bridgehead atoms. The Morgan fingerprint density at radius 2 is 1.81 bits per heavy atom. The maximum absolute atomic E-state index is 13.4. The van der Waals surface area contributed by atoms with Crippen LogP contribution in [-0.2, 0) is 4.79 Å². The molecular formula is C27H37BrN3O+. The summed E-state index contributed by atoms with van der Waals surface area (Å²) in [6.07, 6.45) is 6.16. The molecule has 0 radical (unpaired) electrons. The maximum atomic E-state index is 13.4. The highest BCUT2D eigenvalue weighted by atomic mass is 79.9. The van der Waals surface area contributed by atoms with Crippen LogP contribution in [0.25, 0.3) is 0 Å². The fourth-order valence-corrected chi connectivity index (χ4v) is 4.46. The van der Waals surface area contributed by atoms with Gasteiger partial charge >= 0.3 is 0 Å². The van der Waals surface area contributed by atoms with Crippen LogP contribution < -0.4 is 10.6 Å². The molecule has 0 aliphatic rings. The molecule has 2 aromatic rings. The Balaban J connectivity index is 2.14. The second-order valence-corrected chi connectivity index (χ2v) is 9.45. The molecule has 2 aromatic carbocycles. The predicted molar refractivity (Wildman–Crippen MR) is 141 cm³/mol. The largest absolute Gasteiger partial charge is 0.398 e. The van der Waals surface area contributed by atoms with Crippen LogP contribution in [0.2, 0.25) is 0 Å². The van der Waals surface area contributed by atoms with Crippen molar-refractivity contribution in [3.8, 4) is 0 Å². The van der Waals surface area contributed by atoms with Gasteiger partial charge in [-0.25, -0.2) is 0 Å². The van der Waals surface area contributed by atoms with Crippen molar-refractivity contribution >= 4 is 33.2 Å². The molecule has 2 N–H and O–H groups in total. The molecule has 0 fully saturated rings. The molecule has 32 heavy (non-hydrogen) atoms. The molecule has 0 saturated heterocycles. The summed E-state index contributed by atoms with van der Waals surface area (Å²) >= 11 is 3.53. The third-order valence-corrected chi connectivity index (χ3v) is 6.75. The van der Waals surface area contributed by atoms with Gasteiger partial charge < -0.3 is 15.1 Å². The van der Waals surface area contributed by atoms with Gasteiger partial charge in [-0.15, -0.1) is 0 Å². The number of carbonyl (C=O) groups is 1. The number of halogens is 1. The van der Waals surface area contributed by atoms with Crippen LogP contribution in [0.1, 0.15) is 37.7 Å². The molecule has 1 unspecified atom stereocenters. The summed E-state index contributed by atoms with van der Waals surface area (Å²) in [6, 6.07) is 16.1. The molecule has 1 amide bonds. The van der Waals surface area contributed by atoms with Gasteiger partial charge in [-0.2, -0.15) is 0 Å². The molecule has 0 aliphatic carbocycles. The van der Waals surface area contributed by atoms with Crippen molar-refractivity contribution in [2.24, 2.45) is 0 Å². The number of hydrogen-bond acceptors (Lipinski definition) is 2. The first-order chi connectivity index (χ1) is 15.3. The van der Waals surface area contributed by atoms with Crippen LogP contribution in [0, 0.1) is 0 Å². The van der Waals surface area contributed by atoms with Gasteiger partial charge in [0, 0.05) is 22.3 Å². The van der Waals surface area contributed by atoms with E-state index in [1.165, 1.54) is 5.56 Å². The summed E-state index contributed by atoms with van der Waals surface area (Å²) in [4.78, 5) is 15.3. The standard InChI is InChI=1S/C27H37BrN3O/c1-5-18-31(4,19-6-2)20-17-30(24-11-9-8-10-12-24)27(32)16-14-22(7-3)23-13-15-26(29)25(28)21-23/h5-6,8-13,15,21-22H,1-2,7,14,16-20,29H2,3-4H3/q+1. The lowest BCUT2D eigenvalue weighted by molar-refractivity contribution is -0.896. The fraction of sp³-hybridized carbons (Fsp3) is 0.370. The number of anilines is 2. The van der Waals surface area contributed by atoms with E-state index >= 15 is 0 Å². The smallest absolute Gasteiger partial charge is 0.227 e. The number of nitrogens with two attached hydrogens (primary N) is 1. The number of para-hydroxylation sites is 1. The SMILES string of the molecule is C=CC[N+](C)(CC=C)CCN(C(=O)CCC(CC)c1ccc(N)c(Br)c1)c1ccccc1. The van der Waals surface area contributed by atoms with Crippen molar-refractivity contribution in [3.63, 3.8) is 0 Å². The first kappa shape index (κ1) is 25.9. The highest BCUT2D eigenvalue weighted by molar-refractivity contribution is 9.10. The van der Waals surface area contributed by atoms with Crippen LogP contribution in [-0.4, -0.2) is 43.6 Å². The number of benzene rings is 2. The predicted octanol–water partition coefficient (Wildman–Crippen LogP) is 6.16. The highest BCUT2D eigenvalue weighted by Crippen LogP contribution is 2.30. The van der Waals surface area contributed by atoms with E-state index in [1.807, 2.05) is 53.5 Å². The lowest BCUT2D eigenvalue weighted by atomic mass is 9.91. The lowest BCUT2D eigenvalue weighted by Crippen LogP contribution is -2.50. The molecule has 2 rings (SSSR count). The van der Waals surface area contributed by atoms with Gasteiger partial charge in [-0.1, -0.05) is 44.3 Å². The minimum Gasteiger partial charge on any atom is -0.398 e. The molecule has 0 aliphatic heterocycles. The Hall–Kier alpha value is -2.37. The Morgan fingerprint density at radius 3 is 2.38 bits per heavy atom. The number of hydrogen-bond donors (Lipinski definition) is 1. The average molecular weight is 500 g/mol. The molecule has 5 heteroatoms. The van der Waals surface area contributed by atoms with Crippen LogP contribution in [0.3, 0.4) is 0 Å². The molecule has 0 spiro atoms. The van der Waals surface area contributed by atoms with Crippen LogP contribution in [0.4, 0.5) is 11.4 Å². The zero-order valence-corrected chi connectivity index (χ0v) is 21.1. The molecular weight excluding hydrogens is 462 g/mol.